The Morgan fingerprint density at radius 3 is 1.79 bits per heavy atom. The van der Waals surface area contributed by atoms with E-state index in [1.54, 1.807) is 24.3 Å². The third kappa shape index (κ3) is 6.10. The first-order valence-electron chi connectivity index (χ1n) is 9.08. The standard InChI is InChI=1S/C23H21NO5/c1-18-12-14-21(15-13-18)24(22(25)27-16-19-8-4-2-5-9-19)29-23(26)28-17-20-10-6-3-7-11-20/h2-15H,16-17H2,1H3. The van der Waals surface area contributed by atoms with Crippen LogP contribution in [0.15, 0.2) is 84.9 Å². The Balaban J connectivity index is 1.66. The quantitative estimate of drug-likeness (QED) is 0.430. The summed E-state index contributed by atoms with van der Waals surface area (Å²) in [6, 6.07) is 25.3. The zero-order valence-corrected chi connectivity index (χ0v) is 16.0. The summed E-state index contributed by atoms with van der Waals surface area (Å²) in [5, 5.41) is 0.787. The maximum Gasteiger partial charge on any atom is 0.534 e. The molecule has 0 spiro atoms. The molecular weight excluding hydrogens is 370 g/mol. The van der Waals surface area contributed by atoms with Crippen molar-refractivity contribution in [1.29, 1.82) is 0 Å². The smallest absolute Gasteiger partial charge is 0.442 e. The normalized spacial score (nSPS) is 10.1. The van der Waals surface area contributed by atoms with Crippen LogP contribution in [0, 0.1) is 6.92 Å². The highest BCUT2D eigenvalue weighted by molar-refractivity contribution is 5.87. The van der Waals surface area contributed by atoms with Crippen LogP contribution in [0.25, 0.3) is 0 Å². The number of hydrogen-bond donors (Lipinski definition) is 0. The molecule has 0 aromatic heterocycles. The molecule has 148 valence electrons. The molecule has 0 saturated carbocycles. The molecule has 3 aromatic carbocycles. The molecular formula is C23H21NO5. The summed E-state index contributed by atoms with van der Waals surface area (Å²) in [4.78, 5) is 29.9. The number of ether oxygens (including phenoxy) is 2. The number of anilines is 1. The Morgan fingerprint density at radius 1 is 0.724 bits per heavy atom. The molecule has 6 nitrogen and oxygen atoms in total. The van der Waals surface area contributed by atoms with Gasteiger partial charge >= 0.3 is 12.2 Å². The van der Waals surface area contributed by atoms with Crippen molar-refractivity contribution in [1.82, 2.24) is 0 Å². The number of aryl methyl sites for hydroxylation is 1. The molecule has 0 atom stereocenters. The fourth-order valence-corrected chi connectivity index (χ4v) is 2.47. The molecule has 0 N–H and O–H groups in total. The number of benzene rings is 3. The Kier molecular flexibility index (Phi) is 6.84. The maximum atomic E-state index is 12.6. The van der Waals surface area contributed by atoms with Crippen LogP contribution in [0.1, 0.15) is 16.7 Å². The topological polar surface area (TPSA) is 65.1 Å². The highest BCUT2D eigenvalue weighted by Gasteiger charge is 2.23. The lowest BCUT2D eigenvalue weighted by Gasteiger charge is -2.20. The Labute approximate surface area is 169 Å². The van der Waals surface area contributed by atoms with Gasteiger partial charge in [-0.25, -0.2) is 9.59 Å². The third-order valence-electron chi connectivity index (χ3n) is 4.00. The van der Waals surface area contributed by atoms with E-state index in [0.717, 1.165) is 21.8 Å². The van der Waals surface area contributed by atoms with Crippen molar-refractivity contribution >= 4 is 17.9 Å². The SMILES string of the molecule is Cc1ccc(N(OC(=O)OCc2ccccc2)C(=O)OCc2ccccc2)cc1. The summed E-state index contributed by atoms with van der Waals surface area (Å²) in [6.45, 7) is 1.99. The van der Waals surface area contributed by atoms with Crippen molar-refractivity contribution in [2.75, 3.05) is 5.06 Å². The van der Waals surface area contributed by atoms with Gasteiger partial charge in [0.05, 0.1) is 5.69 Å². The first-order valence-corrected chi connectivity index (χ1v) is 9.08. The van der Waals surface area contributed by atoms with Gasteiger partial charge in [0.25, 0.3) is 0 Å². The van der Waals surface area contributed by atoms with Gasteiger partial charge in [0.1, 0.15) is 13.2 Å². The largest absolute Gasteiger partial charge is 0.534 e. The van der Waals surface area contributed by atoms with Crippen molar-refractivity contribution < 1.29 is 23.9 Å². The van der Waals surface area contributed by atoms with Gasteiger partial charge in [0, 0.05) is 0 Å². The lowest BCUT2D eigenvalue weighted by Crippen LogP contribution is -2.34. The van der Waals surface area contributed by atoms with Crippen molar-refractivity contribution in [3.63, 3.8) is 0 Å². The second-order valence-corrected chi connectivity index (χ2v) is 6.29. The summed E-state index contributed by atoms with van der Waals surface area (Å²) >= 11 is 0. The second-order valence-electron chi connectivity index (χ2n) is 6.29. The third-order valence-corrected chi connectivity index (χ3v) is 4.00. The minimum absolute atomic E-state index is 0.0282. The summed E-state index contributed by atoms with van der Waals surface area (Å²) in [5.74, 6) is 0. The maximum absolute atomic E-state index is 12.6. The second kappa shape index (κ2) is 9.94. The molecule has 0 unspecified atom stereocenters. The molecule has 0 aliphatic heterocycles. The predicted octanol–water partition coefficient (Wildman–Crippen LogP) is 5.41. The van der Waals surface area contributed by atoms with Crippen molar-refractivity contribution in [2.24, 2.45) is 0 Å². The molecule has 0 radical (unpaired) electrons. The average molecular weight is 391 g/mol. The van der Waals surface area contributed by atoms with E-state index < -0.39 is 12.2 Å². The van der Waals surface area contributed by atoms with Gasteiger partial charge in [-0.2, -0.15) is 0 Å². The highest BCUT2D eigenvalue weighted by Crippen LogP contribution is 2.18. The number of rotatable bonds is 5. The molecule has 29 heavy (non-hydrogen) atoms. The Hall–Kier alpha value is -3.80. The zero-order chi connectivity index (χ0) is 20.5. The van der Waals surface area contributed by atoms with Gasteiger partial charge in [-0.3, -0.25) is 4.84 Å². The van der Waals surface area contributed by atoms with Gasteiger partial charge in [0.2, 0.25) is 0 Å². The van der Waals surface area contributed by atoms with Gasteiger partial charge < -0.3 is 9.47 Å². The van der Waals surface area contributed by atoms with E-state index in [2.05, 4.69) is 0 Å². The summed E-state index contributed by atoms with van der Waals surface area (Å²) in [6.07, 6.45) is -1.83. The van der Waals surface area contributed by atoms with Crippen LogP contribution >= 0.6 is 0 Å². The van der Waals surface area contributed by atoms with Crippen molar-refractivity contribution in [3.8, 4) is 0 Å². The lowest BCUT2D eigenvalue weighted by atomic mass is 10.2. The zero-order valence-electron chi connectivity index (χ0n) is 16.0. The number of nitrogens with zero attached hydrogens (tertiary/aromatic N) is 1. The fraction of sp³-hybridized carbons (Fsp3) is 0.130. The molecule has 0 aliphatic carbocycles. The predicted molar refractivity (Wildman–Crippen MR) is 108 cm³/mol. The molecule has 0 aliphatic rings. The van der Waals surface area contributed by atoms with E-state index in [9.17, 15) is 9.59 Å². The summed E-state index contributed by atoms with van der Waals surface area (Å²) in [5.41, 5.74) is 2.97. The molecule has 0 saturated heterocycles. The van der Waals surface area contributed by atoms with E-state index in [-0.39, 0.29) is 13.2 Å². The minimum Gasteiger partial charge on any atom is -0.442 e. The number of carbonyl (C=O) groups is 2. The Bertz CT molecular complexity index is 927. The van der Waals surface area contributed by atoms with Crippen molar-refractivity contribution in [2.45, 2.75) is 20.1 Å². The number of hydroxylamine groups is 1. The summed E-state index contributed by atoms with van der Waals surface area (Å²) < 4.78 is 10.4. The molecule has 1 amide bonds. The van der Waals surface area contributed by atoms with Crippen LogP contribution in [0.4, 0.5) is 15.3 Å². The lowest BCUT2D eigenvalue weighted by molar-refractivity contribution is 0.0345. The molecule has 6 heteroatoms. The molecule has 3 rings (SSSR count). The van der Waals surface area contributed by atoms with Crippen LogP contribution in [-0.2, 0) is 27.5 Å². The van der Waals surface area contributed by atoms with E-state index in [1.165, 1.54) is 0 Å². The van der Waals surface area contributed by atoms with Crippen LogP contribution in [0.5, 0.6) is 0 Å². The number of hydrogen-bond acceptors (Lipinski definition) is 5. The van der Waals surface area contributed by atoms with E-state index in [1.807, 2.05) is 67.6 Å². The highest BCUT2D eigenvalue weighted by atomic mass is 16.8. The molecule has 3 aromatic rings. The molecule has 0 bridgehead atoms. The van der Waals surface area contributed by atoms with E-state index >= 15 is 0 Å². The minimum atomic E-state index is -1.01. The van der Waals surface area contributed by atoms with Crippen molar-refractivity contribution in [3.05, 3.63) is 102 Å². The van der Waals surface area contributed by atoms with E-state index in [0.29, 0.717) is 5.69 Å². The first kappa shape index (κ1) is 19.9. The van der Waals surface area contributed by atoms with Gasteiger partial charge in [0.15, 0.2) is 0 Å². The first-order chi connectivity index (χ1) is 14.1. The average Bonchev–Trinajstić information content (AvgIpc) is 2.76. The number of amides is 1. The fourth-order valence-electron chi connectivity index (χ4n) is 2.47. The van der Waals surface area contributed by atoms with Crippen LogP contribution in [-0.4, -0.2) is 12.2 Å². The van der Waals surface area contributed by atoms with Gasteiger partial charge in [-0.15, -0.1) is 5.06 Å². The van der Waals surface area contributed by atoms with Crippen LogP contribution in [0.3, 0.4) is 0 Å². The Morgan fingerprint density at radius 2 is 1.24 bits per heavy atom. The van der Waals surface area contributed by atoms with Gasteiger partial charge in [-0.1, -0.05) is 78.4 Å². The van der Waals surface area contributed by atoms with Crippen LogP contribution in [0.2, 0.25) is 0 Å². The number of carbonyl (C=O) groups excluding carboxylic acids is 2. The monoisotopic (exact) mass is 391 g/mol. The van der Waals surface area contributed by atoms with Gasteiger partial charge in [-0.05, 0) is 30.2 Å². The van der Waals surface area contributed by atoms with Crippen LogP contribution < -0.4 is 5.06 Å². The molecule has 0 heterocycles. The molecule has 0 fully saturated rings. The van der Waals surface area contributed by atoms with E-state index in [4.69, 9.17) is 14.3 Å². The summed E-state index contributed by atoms with van der Waals surface area (Å²) in [7, 11) is 0.